The van der Waals surface area contributed by atoms with Gasteiger partial charge in [0.25, 0.3) is 0 Å². The van der Waals surface area contributed by atoms with Gasteiger partial charge in [-0.15, -0.1) is 0 Å². The van der Waals surface area contributed by atoms with E-state index in [-0.39, 0.29) is 5.41 Å². The van der Waals surface area contributed by atoms with Crippen molar-refractivity contribution in [3.05, 3.63) is 28.7 Å². The molecule has 1 fully saturated rings. The molecule has 3 rings (SSSR count). The predicted molar refractivity (Wildman–Crippen MR) is 70.1 cm³/mol. The molecule has 0 aliphatic carbocycles. The van der Waals surface area contributed by atoms with E-state index in [1.807, 2.05) is 12.1 Å². The number of nitrogens with zero attached hydrogens (tertiary/aromatic N) is 3. The standard InChI is InChI=1S/C12H13BrN4O/c1-12(4-5-14-7-12)11-16-10(17-18-11)9-3-2-8(13)6-15-9/h2-3,6,14H,4-5,7H2,1H3. The summed E-state index contributed by atoms with van der Waals surface area (Å²) < 4.78 is 6.32. The summed E-state index contributed by atoms with van der Waals surface area (Å²) >= 11 is 3.35. The van der Waals surface area contributed by atoms with Gasteiger partial charge < -0.3 is 9.84 Å². The topological polar surface area (TPSA) is 63.8 Å². The van der Waals surface area contributed by atoms with Crippen molar-refractivity contribution < 1.29 is 4.52 Å². The van der Waals surface area contributed by atoms with E-state index in [2.05, 4.69) is 43.3 Å². The van der Waals surface area contributed by atoms with Gasteiger partial charge in [0.2, 0.25) is 11.7 Å². The molecule has 1 N–H and O–H groups in total. The molecule has 1 saturated heterocycles. The van der Waals surface area contributed by atoms with E-state index in [1.54, 1.807) is 6.20 Å². The van der Waals surface area contributed by atoms with Gasteiger partial charge in [-0.05, 0) is 48.0 Å². The Hall–Kier alpha value is -1.27. The van der Waals surface area contributed by atoms with Gasteiger partial charge in [0, 0.05) is 17.2 Å². The number of nitrogens with one attached hydrogen (secondary N) is 1. The predicted octanol–water partition coefficient (Wildman–Crippen LogP) is 2.15. The fourth-order valence-electron chi connectivity index (χ4n) is 2.08. The lowest BCUT2D eigenvalue weighted by molar-refractivity contribution is 0.306. The van der Waals surface area contributed by atoms with Gasteiger partial charge in [0.15, 0.2) is 0 Å². The SMILES string of the molecule is CC1(c2nc(-c3ccc(Br)cn3)no2)CCNC1. The van der Waals surface area contributed by atoms with Crippen molar-refractivity contribution in [3.63, 3.8) is 0 Å². The van der Waals surface area contributed by atoms with Crippen molar-refractivity contribution in [2.75, 3.05) is 13.1 Å². The highest BCUT2D eigenvalue weighted by molar-refractivity contribution is 9.10. The summed E-state index contributed by atoms with van der Waals surface area (Å²) in [5.74, 6) is 1.23. The second kappa shape index (κ2) is 4.44. The van der Waals surface area contributed by atoms with Gasteiger partial charge in [0.05, 0.1) is 5.41 Å². The van der Waals surface area contributed by atoms with Crippen LogP contribution in [0.2, 0.25) is 0 Å². The van der Waals surface area contributed by atoms with Crippen molar-refractivity contribution in [1.29, 1.82) is 0 Å². The minimum atomic E-state index is -0.0549. The molecule has 2 aromatic heterocycles. The lowest BCUT2D eigenvalue weighted by Gasteiger charge is -2.15. The molecular formula is C12H13BrN4O. The first kappa shape index (κ1) is 11.8. The zero-order valence-corrected chi connectivity index (χ0v) is 11.6. The van der Waals surface area contributed by atoms with Gasteiger partial charge >= 0.3 is 0 Å². The van der Waals surface area contributed by atoms with Gasteiger partial charge in [-0.3, -0.25) is 4.98 Å². The molecule has 5 nitrogen and oxygen atoms in total. The summed E-state index contributed by atoms with van der Waals surface area (Å²) in [5.41, 5.74) is 0.670. The molecule has 1 atom stereocenters. The minimum Gasteiger partial charge on any atom is -0.338 e. The molecule has 0 bridgehead atoms. The number of halogens is 1. The summed E-state index contributed by atoms with van der Waals surface area (Å²) in [6.07, 6.45) is 2.74. The van der Waals surface area contributed by atoms with Crippen LogP contribution in [0.4, 0.5) is 0 Å². The first-order valence-electron chi connectivity index (χ1n) is 5.84. The molecule has 6 heteroatoms. The molecule has 3 heterocycles. The zero-order chi connectivity index (χ0) is 12.6. The Morgan fingerprint density at radius 2 is 2.33 bits per heavy atom. The molecule has 0 amide bonds. The average Bonchev–Trinajstić information content (AvgIpc) is 2.99. The first-order chi connectivity index (χ1) is 8.67. The van der Waals surface area contributed by atoms with Gasteiger partial charge in [-0.25, -0.2) is 0 Å². The van der Waals surface area contributed by atoms with Crippen molar-refractivity contribution in [2.45, 2.75) is 18.8 Å². The third-order valence-electron chi connectivity index (χ3n) is 3.27. The third-order valence-corrected chi connectivity index (χ3v) is 3.74. The van der Waals surface area contributed by atoms with Crippen LogP contribution in [0.5, 0.6) is 0 Å². The van der Waals surface area contributed by atoms with E-state index < -0.39 is 0 Å². The lowest BCUT2D eigenvalue weighted by Crippen LogP contribution is -2.25. The maximum Gasteiger partial charge on any atom is 0.234 e. The van der Waals surface area contributed by atoms with E-state index in [1.165, 1.54) is 0 Å². The van der Waals surface area contributed by atoms with Crippen molar-refractivity contribution in [2.24, 2.45) is 0 Å². The number of pyridine rings is 1. The lowest BCUT2D eigenvalue weighted by atomic mass is 9.90. The Kier molecular flexibility index (Phi) is 2.91. The van der Waals surface area contributed by atoms with Crippen LogP contribution >= 0.6 is 15.9 Å². The van der Waals surface area contributed by atoms with E-state index in [0.717, 1.165) is 29.7 Å². The highest BCUT2D eigenvalue weighted by Crippen LogP contribution is 2.29. The molecular weight excluding hydrogens is 296 g/mol. The Balaban J connectivity index is 1.91. The largest absolute Gasteiger partial charge is 0.338 e. The van der Waals surface area contributed by atoms with Crippen LogP contribution in [0.15, 0.2) is 27.3 Å². The van der Waals surface area contributed by atoms with E-state index in [9.17, 15) is 0 Å². The molecule has 1 aliphatic heterocycles. The van der Waals surface area contributed by atoms with Crippen LogP contribution in [0.1, 0.15) is 19.2 Å². The molecule has 18 heavy (non-hydrogen) atoms. The molecule has 0 spiro atoms. The second-order valence-electron chi connectivity index (χ2n) is 4.77. The number of aromatic nitrogens is 3. The summed E-state index contributed by atoms with van der Waals surface area (Å²) in [6.45, 7) is 4.01. The molecule has 0 saturated carbocycles. The maximum atomic E-state index is 5.38. The van der Waals surface area contributed by atoms with Gasteiger partial charge in [0.1, 0.15) is 5.69 Å². The maximum absolute atomic E-state index is 5.38. The monoisotopic (exact) mass is 308 g/mol. The fourth-order valence-corrected chi connectivity index (χ4v) is 2.31. The van der Waals surface area contributed by atoms with Gasteiger partial charge in [-0.2, -0.15) is 4.98 Å². The molecule has 2 aromatic rings. The Morgan fingerprint density at radius 3 is 3.00 bits per heavy atom. The minimum absolute atomic E-state index is 0.0549. The summed E-state index contributed by atoms with van der Waals surface area (Å²) in [7, 11) is 0. The quantitative estimate of drug-likeness (QED) is 0.921. The number of rotatable bonds is 2. The molecule has 0 aromatic carbocycles. The third kappa shape index (κ3) is 2.06. The normalized spacial score (nSPS) is 23.4. The van der Waals surface area contributed by atoms with Crippen molar-refractivity contribution in [1.82, 2.24) is 20.4 Å². The number of hydrogen-bond donors (Lipinski definition) is 1. The van der Waals surface area contributed by atoms with Gasteiger partial charge in [-0.1, -0.05) is 5.16 Å². The van der Waals surface area contributed by atoms with Crippen molar-refractivity contribution in [3.8, 4) is 11.5 Å². The molecule has 1 aliphatic rings. The molecule has 1 unspecified atom stereocenters. The zero-order valence-electron chi connectivity index (χ0n) is 9.98. The van der Waals surface area contributed by atoms with Crippen LogP contribution in [0.25, 0.3) is 11.5 Å². The molecule has 94 valence electrons. The summed E-state index contributed by atoms with van der Waals surface area (Å²) in [4.78, 5) is 8.73. The highest BCUT2D eigenvalue weighted by atomic mass is 79.9. The van der Waals surface area contributed by atoms with Crippen LogP contribution in [0, 0.1) is 0 Å². The van der Waals surface area contributed by atoms with E-state index >= 15 is 0 Å². The summed E-state index contributed by atoms with van der Waals surface area (Å²) in [6, 6.07) is 3.78. The number of hydrogen-bond acceptors (Lipinski definition) is 5. The fraction of sp³-hybridized carbons (Fsp3) is 0.417. The first-order valence-corrected chi connectivity index (χ1v) is 6.63. The smallest absolute Gasteiger partial charge is 0.234 e. The van der Waals surface area contributed by atoms with Crippen LogP contribution in [-0.2, 0) is 5.41 Å². The Bertz CT molecular complexity index is 545. The second-order valence-corrected chi connectivity index (χ2v) is 5.69. The van der Waals surface area contributed by atoms with Crippen molar-refractivity contribution >= 4 is 15.9 Å². The van der Waals surface area contributed by atoms with Crippen LogP contribution in [0.3, 0.4) is 0 Å². The van der Waals surface area contributed by atoms with E-state index in [4.69, 9.17) is 4.52 Å². The summed E-state index contributed by atoms with van der Waals surface area (Å²) in [5, 5.41) is 7.33. The van der Waals surface area contributed by atoms with E-state index in [0.29, 0.717) is 11.7 Å². The van der Waals surface area contributed by atoms with Crippen LogP contribution < -0.4 is 5.32 Å². The Morgan fingerprint density at radius 1 is 1.44 bits per heavy atom. The Labute approximate surface area is 113 Å². The highest BCUT2D eigenvalue weighted by Gasteiger charge is 2.36. The average molecular weight is 309 g/mol. The van der Waals surface area contributed by atoms with Crippen LogP contribution in [-0.4, -0.2) is 28.2 Å². The molecule has 0 radical (unpaired) electrons.